The largest absolute Gasteiger partial charge is 0.339 e. The standard InChI is InChI=1S/C6H12N.Y/c1-6-3-4-7(2)5-6;/h6H,1,3-5H2,2H3;/q-1;. The van der Waals surface area contributed by atoms with Gasteiger partial charge in [0.15, 0.2) is 0 Å². The minimum Gasteiger partial charge on any atom is -0.339 e. The van der Waals surface area contributed by atoms with Crippen LogP contribution in [-0.4, -0.2) is 25.0 Å². The smallest absolute Gasteiger partial charge is 0 e. The molecule has 0 aromatic rings. The Morgan fingerprint density at radius 3 is 2.38 bits per heavy atom. The van der Waals surface area contributed by atoms with Gasteiger partial charge in [-0.2, -0.15) is 5.92 Å². The fourth-order valence-corrected chi connectivity index (χ4v) is 1.03. The van der Waals surface area contributed by atoms with Gasteiger partial charge in [-0.1, -0.05) is 6.42 Å². The fraction of sp³-hybridized carbons (Fsp3) is 0.833. The molecule has 0 aromatic heterocycles. The van der Waals surface area contributed by atoms with Crippen LogP contribution >= 0.6 is 0 Å². The van der Waals surface area contributed by atoms with Crippen LogP contribution in [0.5, 0.6) is 0 Å². The zero-order valence-corrected chi connectivity index (χ0v) is 8.27. The van der Waals surface area contributed by atoms with E-state index in [-0.39, 0.29) is 32.7 Å². The zero-order chi connectivity index (χ0) is 5.28. The first-order chi connectivity index (χ1) is 3.29. The van der Waals surface area contributed by atoms with Gasteiger partial charge in [-0.15, -0.1) is 0 Å². The van der Waals surface area contributed by atoms with Gasteiger partial charge in [-0.25, -0.2) is 0 Å². The van der Waals surface area contributed by atoms with Crippen LogP contribution in [0.2, 0.25) is 0 Å². The molecule has 0 amide bonds. The normalized spacial score (nSPS) is 30.0. The molecule has 1 fully saturated rings. The van der Waals surface area contributed by atoms with Gasteiger partial charge in [-0.05, 0) is 20.1 Å². The van der Waals surface area contributed by atoms with Crippen molar-refractivity contribution >= 4 is 0 Å². The zero-order valence-electron chi connectivity index (χ0n) is 5.43. The molecular formula is C6H12NY-. The van der Waals surface area contributed by atoms with E-state index in [9.17, 15) is 0 Å². The predicted octanol–water partition coefficient (Wildman–Crippen LogP) is 0.770. The van der Waals surface area contributed by atoms with Crippen molar-refractivity contribution in [3.63, 3.8) is 0 Å². The van der Waals surface area contributed by atoms with Crippen molar-refractivity contribution in [3.05, 3.63) is 6.92 Å². The Hall–Kier alpha value is 1.06. The summed E-state index contributed by atoms with van der Waals surface area (Å²) in [5.41, 5.74) is 0. The van der Waals surface area contributed by atoms with E-state index in [1.54, 1.807) is 0 Å². The Kier molecular flexibility index (Phi) is 4.50. The molecule has 0 saturated carbocycles. The number of hydrogen-bond donors (Lipinski definition) is 0. The van der Waals surface area contributed by atoms with Crippen molar-refractivity contribution in [1.82, 2.24) is 4.90 Å². The Bertz CT molecular complexity index is 57.5. The van der Waals surface area contributed by atoms with E-state index in [4.69, 9.17) is 0 Å². The maximum absolute atomic E-state index is 3.95. The molecule has 1 nitrogen and oxygen atoms in total. The SMILES string of the molecule is [CH2-]C1CCN(C)C1.[Y]. The molecule has 0 spiro atoms. The van der Waals surface area contributed by atoms with E-state index in [1.807, 2.05) is 0 Å². The van der Waals surface area contributed by atoms with E-state index in [0.717, 1.165) is 0 Å². The summed E-state index contributed by atoms with van der Waals surface area (Å²) in [6.45, 7) is 6.38. The van der Waals surface area contributed by atoms with Crippen molar-refractivity contribution in [1.29, 1.82) is 0 Å². The summed E-state index contributed by atoms with van der Waals surface area (Å²) in [7, 11) is 2.14. The fourth-order valence-electron chi connectivity index (χ4n) is 1.03. The average molecular weight is 187 g/mol. The van der Waals surface area contributed by atoms with Crippen LogP contribution in [-0.2, 0) is 32.7 Å². The summed E-state index contributed by atoms with van der Waals surface area (Å²) >= 11 is 0. The Morgan fingerprint density at radius 1 is 1.62 bits per heavy atom. The van der Waals surface area contributed by atoms with E-state index in [2.05, 4.69) is 18.9 Å². The molecule has 1 saturated heterocycles. The number of hydrogen-bond acceptors (Lipinski definition) is 1. The Labute approximate surface area is 76.7 Å². The third-order valence-electron chi connectivity index (χ3n) is 1.49. The molecule has 8 heavy (non-hydrogen) atoms. The second-order valence-electron chi connectivity index (χ2n) is 2.42. The Balaban J connectivity index is 0.000000490. The van der Waals surface area contributed by atoms with Crippen LogP contribution in [0.15, 0.2) is 0 Å². The molecule has 1 rings (SSSR count). The van der Waals surface area contributed by atoms with Gasteiger partial charge < -0.3 is 11.8 Å². The van der Waals surface area contributed by atoms with Crippen LogP contribution < -0.4 is 0 Å². The Morgan fingerprint density at radius 2 is 2.25 bits per heavy atom. The van der Waals surface area contributed by atoms with Crippen molar-refractivity contribution in [2.75, 3.05) is 20.1 Å². The molecule has 1 radical (unpaired) electrons. The molecule has 0 aliphatic carbocycles. The maximum atomic E-state index is 3.95. The molecule has 45 valence electrons. The monoisotopic (exact) mass is 187 g/mol. The van der Waals surface area contributed by atoms with Gasteiger partial charge in [0.1, 0.15) is 0 Å². The summed E-state index contributed by atoms with van der Waals surface area (Å²) in [4.78, 5) is 2.32. The first kappa shape index (κ1) is 9.06. The van der Waals surface area contributed by atoms with E-state index in [0.29, 0.717) is 5.92 Å². The van der Waals surface area contributed by atoms with Crippen LogP contribution in [0, 0.1) is 12.8 Å². The van der Waals surface area contributed by atoms with Crippen molar-refractivity contribution < 1.29 is 32.7 Å². The quantitative estimate of drug-likeness (QED) is 0.506. The number of rotatable bonds is 0. The summed E-state index contributed by atoms with van der Waals surface area (Å²) < 4.78 is 0. The first-order valence-electron chi connectivity index (χ1n) is 2.80. The summed E-state index contributed by atoms with van der Waals surface area (Å²) in [5, 5.41) is 0. The minimum atomic E-state index is 0. The van der Waals surface area contributed by atoms with E-state index in [1.165, 1.54) is 19.5 Å². The molecule has 0 bridgehead atoms. The molecule has 1 aliphatic rings. The molecule has 0 N–H and O–H groups in total. The van der Waals surface area contributed by atoms with Crippen molar-refractivity contribution in [2.24, 2.45) is 5.92 Å². The van der Waals surface area contributed by atoms with Gasteiger partial charge in [0.2, 0.25) is 0 Å². The van der Waals surface area contributed by atoms with Gasteiger partial charge in [0.25, 0.3) is 0 Å². The van der Waals surface area contributed by atoms with Crippen molar-refractivity contribution in [2.45, 2.75) is 6.42 Å². The van der Waals surface area contributed by atoms with Gasteiger partial charge >= 0.3 is 0 Å². The third kappa shape index (κ3) is 2.56. The molecule has 1 heterocycles. The summed E-state index contributed by atoms with van der Waals surface area (Å²) in [6, 6.07) is 0. The second kappa shape index (κ2) is 3.97. The van der Waals surface area contributed by atoms with E-state index < -0.39 is 0 Å². The van der Waals surface area contributed by atoms with Crippen LogP contribution in [0.4, 0.5) is 0 Å². The summed E-state index contributed by atoms with van der Waals surface area (Å²) in [6.07, 6.45) is 1.29. The van der Waals surface area contributed by atoms with Crippen molar-refractivity contribution in [3.8, 4) is 0 Å². The van der Waals surface area contributed by atoms with Gasteiger partial charge in [-0.3, -0.25) is 0 Å². The predicted molar refractivity (Wildman–Crippen MR) is 31.0 cm³/mol. The van der Waals surface area contributed by atoms with Crippen LogP contribution in [0.1, 0.15) is 6.42 Å². The minimum absolute atomic E-state index is 0. The first-order valence-corrected chi connectivity index (χ1v) is 2.80. The third-order valence-corrected chi connectivity index (χ3v) is 1.49. The summed E-state index contributed by atoms with van der Waals surface area (Å²) in [5.74, 6) is 0.699. The molecule has 0 aromatic carbocycles. The molecule has 2 heteroatoms. The van der Waals surface area contributed by atoms with Crippen LogP contribution in [0.25, 0.3) is 0 Å². The van der Waals surface area contributed by atoms with Gasteiger partial charge in [0.05, 0.1) is 0 Å². The topological polar surface area (TPSA) is 3.24 Å². The number of likely N-dealkylation sites (tertiary alicyclic amines) is 1. The maximum Gasteiger partial charge on any atom is 0 e. The molecule has 1 aliphatic heterocycles. The van der Waals surface area contributed by atoms with Crippen LogP contribution in [0.3, 0.4) is 0 Å². The van der Waals surface area contributed by atoms with E-state index >= 15 is 0 Å². The molecular weight excluding hydrogens is 175 g/mol. The van der Waals surface area contributed by atoms with Gasteiger partial charge in [0, 0.05) is 32.7 Å². The second-order valence-corrected chi connectivity index (χ2v) is 2.42. The average Bonchev–Trinajstić information content (AvgIpc) is 1.87. The number of nitrogens with zero attached hydrogens (tertiary/aromatic N) is 1. The molecule has 1 atom stereocenters. The molecule has 1 unspecified atom stereocenters.